The van der Waals surface area contributed by atoms with Gasteiger partial charge in [0.25, 0.3) is 0 Å². The highest BCUT2D eigenvalue weighted by atomic mass is 16.5. The molecule has 0 saturated heterocycles. The number of anilines is 1. The van der Waals surface area contributed by atoms with Gasteiger partial charge in [-0.3, -0.25) is 4.98 Å². The van der Waals surface area contributed by atoms with E-state index in [0.717, 1.165) is 11.4 Å². The molecular formula is C10H14N2O. The van der Waals surface area contributed by atoms with Crippen LogP contribution in [0.1, 0.15) is 20.8 Å². The summed E-state index contributed by atoms with van der Waals surface area (Å²) >= 11 is 0. The predicted octanol–water partition coefficient (Wildman–Crippen LogP) is 2.03. The van der Waals surface area contributed by atoms with Gasteiger partial charge in [0.05, 0.1) is 6.20 Å². The van der Waals surface area contributed by atoms with Gasteiger partial charge in [-0.05, 0) is 20.8 Å². The van der Waals surface area contributed by atoms with Crippen LogP contribution in [0.25, 0.3) is 0 Å². The second-order valence-electron chi connectivity index (χ2n) is 3.56. The van der Waals surface area contributed by atoms with Gasteiger partial charge < -0.3 is 9.64 Å². The number of ether oxygens (including phenoxy) is 1. The van der Waals surface area contributed by atoms with E-state index < -0.39 is 0 Å². The van der Waals surface area contributed by atoms with Crippen molar-refractivity contribution < 1.29 is 4.74 Å². The standard InChI is InChI=1S/C10H14N2O/c1-7(2)12-8(3)13-10-4-5-11-6-9(10)12/h4-8H,1-3H3. The second-order valence-corrected chi connectivity index (χ2v) is 3.56. The summed E-state index contributed by atoms with van der Waals surface area (Å²) in [5.41, 5.74) is 1.10. The smallest absolute Gasteiger partial charge is 0.170 e. The number of aromatic nitrogens is 1. The largest absolute Gasteiger partial charge is 0.469 e. The Labute approximate surface area is 78.3 Å². The van der Waals surface area contributed by atoms with Crippen LogP contribution in [-0.4, -0.2) is 17.3 Å². The Morgan fingerprint density at radius 2 is 2.31 bits per heavy atom. The summed E-state index contributed by atoms with van der Waals surface area (Å²) in [6.45, 7) is 6.36. The first-order valence-electron chi connectivity index (χ1n) is 4.59. The summed E-state index contributed by atoms with van der Waals surface area (Å²) in [6, 6.07) is 2.36. The van der Waals surface area contributed by atoms with Gasteiger partial charge in [0, 0.05) is 18.3 Å². The van der Waals surface area contributed by atoms with Crippen molar-refractivity contribution in [1.82, 2.24) is 4.98 Å². The lowest BCUT2D eigenvalue weighted by Gasteiger charge is -2.26. The quantitative estimate of drug-likeness (QED) is 0.658. The Hall–Kier alpha value is -1.25. The van der Waals surface area contributed by atoms with Crippen LogP contribution < -0.4 is 9.64 Å². The lowest BCUT2D eigenvalue weighted by molar-refractivity contribution is 0.237. The maximum absolute atomic E-state index is 5.67. The molecule has 1 aromatic rings. The zero-order valence-electron chi connectivity index (χ0n) is 8.19. The van der Waals surface area contributed by atoms with Crippen molar-refractivity contribution in [3.05, 3.63) is 18.5 Å². The first-order chi connectivity index (χ1) is 6.20. The van der Waals surface area contributed by atoms with Gasteiger partial charge in [-0.15, -0.1) is 0 Å². The van der Waals surface area contributed by atoms with Crippen molar-refractivity contribution in [1.29, 1.82) is 0 Å². The van der Waals surface area contributed by atoms with Crippen LogP contribution in [0.15, 0.2) is 18.5 Å². The lowest BCUT2D eigenvalue weighted by atomic mass is 10.3. The monoisotopic (exact) mass is 178 g/mol. The molecule has 3 nitrogen and oxygen atoms in total. The Morgan fingerprint density at radius 1 is 1.54 bits per heavy atom. The number of fused-ring (bicyclic) bond motifs is 1. The molecule has 0 spiro atoms. The molecule has 0 saturated carbocycles. The molecule has 13 heavy (non-hydrogen) atoms. The van der Waals surface area contributed by atoms with E-state index in [-0.39, 0.29) is 6.23 Å². The summed E-state index contributed by atoms with van der Waals surface area (Å²) in [7, 11) is 0. The molecule has 0 amide bonds. The third-order valence-corrected chi connectivity index (χ3v) is 2.29. The van der Waals surface area contributed by atoms with E-state index in [4.69, 9.17) is 4.74 Å². The zero-order chi connectivity index (χ0) is 9.42. The molecule has 1 aliphatic heterocycles. The fraction of sp³-hybridized carbons (Fsp3) is 0.500. The van der Waals surface area contributed by atoms with Crippen molar-refractivity contribution in [3.8, 4) is 5.75 Å². The second kappa shape index (κ2) is 2.91. The Kier molecular flexibility index (Phi) is 1.87. The van der Waals surface area contributed by atoms with Gasteiger partial charge >= 0.3 is 0 Å². The SMILES string of the molecule is CC(C)N1c2cnccc2OC1C. The minimum absolute atomic E-state index is 0.124. The van der Waals surface area contributed by atoms with E-state index >= 15 is 0 Å². The van der Waals surface area contributed by atoms with Crippen LogP contribution in [0, 0.1) is 0 Å². The number of rotatable bonds is 1. The van der Waals surface area contributed by atoms with Crippen LogP contribution in [0.2, 0.25) is 0 Å². The van der Waals surface area contributed by atoms with Gasteiger partial charge in [-0.1, -0.05) is 0 Å². The molecule has 2 heterocycles. The summed E-state index contributed by atoms with van der Waals surface area (Å²) in [6.07, 6.45) is 3.74. The zero-order valence-corrected chi connectivity index (χ0v) is 8.19. The topological polar surface area (TPSA) is 25.4 Å². The fourth-order valence-corrected chi connectivity index (χ4v) is 1.80. The molecule has 70 valence electrons. The highest BCUT2D eigenvalue weighted by Gasteiger charge is 2.28. The van der Waals surface area contributed by atoms with Crippen LogP contribution in [0.5, 0.6) is 5.75 Å². The average molecular weight is 178 g/mol. The fourth-order valence-electron chi connectivity index (χ4n) is 1.80. The number of nitrogens with zero attached hydrogens (tertiary/aromatic N) is 2. The summed E-state index contributed by atoms with van der Waals surface area (Å²) in [5.74, 6) is 0.941. The van der Waals surface area contributed by atoms with Gasteiger partial charge in [0.2, 0.25) is 0 Å². The predicted molar refractivity (Wildman–Crippen MR) is 51.9 cm³/mol. The highest BCUT2D eigenvalue weighted by molar-refractivity contribution is 5.60. The highest BCUT2D eigenvalue weighted by Crippen LogP contribution is 2.36. The molecule has 1 unspecified atom stereocenters. The van der Waals surface area contributed by atoms with E-state index in [1.165, 1.54) is 0 Å². The molecule has 2 rings (SSSR count). The molecule has 0 aliphatic carbocycles. The molecule has 1 aliphatic rings. The maximum Gasteiger partial charge on any atom is 0.170 e. The molecule has 0 fully saturated rings. The summed E-state index contributed by atoms with van der Waals surface area (Å²) in [5, 5.41) is 0. The molecule has 1 aromatic heterocycles. The molecule has 3 heteroatoms. The van der Waals surface area contributed by atoms with E-state index in [0.29, 0.717) is 6.04 Å². The molecule has 0 aromatic carbocycles. The van der Waals surface area contributed by atoms with Crippen molar-refractivity contribution in [2.75, 3.05) is 4.90 Å². The van der Waals surface area contributed by atoms with Crippen LogP contribution in [0.4, 0.5) is 5.69 Å². The molecule has 0 bridgehead atoms. The first kappa shape index (κ1) is 8.35. The van der Waals surface area contributed by atoms with E-state index in [2.05, 4.69) is 30.7 Å². The van der Waals surface area contributed by atoms with Crippen molar-refractivity contribution in [2.24, 2.45) is 0 Å². The van der Waals surface area contributed by atoms with E-state index in [1.807, 2.05) is 12.3 Å². The minimum Gasteiger partial charge on any atom is -0.469 e. The number of hydrogen-bond acceptors (Lipinski definition) is 3. The first-order valence-corrected chi connectivity index (χ1v) is 4.59. The van der Waals surface area contributed by atoms with E-state index in [1.54, 1.807) is 6.20 Å². The van der Waals surface area contributed by atoms with Crippen LogP contribution >= 0.6 is 0 Å². The number of hydrogen-bond donors (Lipinski definition) is 0. The number of pyridine rings is 1. The molecule has 0 radical (unpaired) electrons. The minimum atomic E-state index is 0.124. The molecule has 1 atom stereocenters. The summed E-state index contributed by atoms with van der Waals surface area (Å²) in [4.78, 5) is 6.33. The maximum atomic E-state index is 5.67. The third-order valence-electron chi connectivity index (χ3n) is 2.29. The van der Waals surface area contributed by atoms with Crippen molar-refractivity contribution >= 4 is 5.69 Å². The van der Waals surface area contributed by atoms with Gasteiger partial charge in [-0.2, -0.15) is 0 Å². The van der Waals surface area contributed by atoms with Gasteiger partial charge in [0.15, 0.2) is 6.23 Å². The normalized spacial score (nSPS) is 20.3. The Balaban J connectivity index is 2.40. The average Bonchev–Trinajstić information content (AvgIpc) is 2.39. The Morgan fingerprint density at radius 3 is 3.00 bits per heavy atom. The Bertz CT molecular complexity index is 312. The molecular weight excluding hydrogens is 164 g/mol. The van der Waals surface area contributed by atoms with Crippen LogP contribution in [0.3, 0.4) is 0 Å². The van der Waals surface area contributed by atoms with Crippen LogP contribution in [-0.2, 0) is 0 Å². The van der Waals surface area contributed by atoms with Crippen molar-refractivity contribution in [2.45, 2.75) is 33.0 Å². The third kappa shape index (κ3) is 1.24. The van der Waals surface area contributed by atoms with Gasteiger partial charge in [0.1, 0.15) is 11.4 Å². The van der Waals surface area contributed by atoms with E-state index in [9.17, 15) is 0 Å². The lowest BCUT2D eigenvalue weighted by Crippen LogP contribution is -2.37. The molecule has 0 N–H and O–H groups in total. The summed E-state index contributed by atoms with van der Waals surface area (Å²) < 4.78 is 5.67. The van der Waals surface area contributed by atoms with Crippen molar-refractivity contribution in [3.63, 3.8) is 0 Å². The van der Waals surface area contributed by atoms with Gasteiger partial charge in [-0.25, -0.2) is 0 Å².